The molecule has 1 unspecified atom stereocenters. The van der Waals surface area contributed by atoms with Crippen molar-refractivity contribution >= 4 is 17.7 Å². The maximum Gasteiger partial charge on any atom is 0.331 e. The summed E-state index contributed by atoms with van der Waals surface area (Å²) >= 11 is 0. The number of carbonyl (C=O) groups is 2. The van der Waals surface area contributed by atoms with Crippen LogP contribution in [0.25, 0.3) is 0 Å². The molecule has 2 heterocycles. The van der Waals surface area contributed by atoms with E-state index in [0.29, 0.717) is 5.84 Å². The number of carboxylic acids is 1. The fraction of sp³-hybridized carbons (Fsp3) is 0.364. The maximum absolute atomic E-state index is 11.8. The van der Waals surface area contributed by atoms with Gasteiger partial charge in [0.25, 0.3) is 0 Å². The van der Waals surface area contributed by atoms with Gasteiger partial charge in [-0.05, 0) is 31.6 Å². The van der Waals surface area contributed by atoms with E-state index in [2.05, 4.69) is 4.99 Å². The Morgan fingerprint density at radius 1 is 1.62 bits per heavy atom. The zero-order valence-electron chi connectivity index (χ0n) is 9.10. The summed E-state index contributed by atoms with van der Waals surface area (Å²) in [4.78, 5) is 28.3. The van der Waals surface area contributed by atoms with Crippen molar-refractivity contribution in [1.29, 1.82) is 0 Å². The van der Waals surface area contributed by atoms with Crippen molar-refractivity contribution in [2.24, 2.45) is 4.99 Å². The lowest BCUT2D eigenvalue weighted by atomic mass is 9.95. The van der Waals surface area contributed by atoms with Crippen LogP contribution in [0.2, 0.25) is 0 Å². The highest BCUT2D eigenvalue weighted by atomic mass is 16.4. The highest BCUT2D eigenvalue weighted by Crippen LogP contribution is 2.26. The molecule has 0 radical (unpaired) electrons. The lowest BCUT2D eigenvalue weighted by Crippen LogP contribution is -2.48. The first-order valence-electron chi connectivity index (χ1n) is 4.94. The van der Waals surface area contributed by atoms with Crippen LogP contribution < -0.4 is 0 Å². The Kier molecular flexibility index (Phi) is 2.18. The third kappa shape index (κ3) is 1.54. The SMILES string of the molecule is CC1=CC2=NC(C)(C(=O)O)CC(=O)N2C=C1. The number of fused-ring (bicyclic) bond motifs is 1. The number of hydrogen-bond acceptors (Lipinski definition) is 3. The molecule has 2 aliphatic rings. The van der Waals surface area contributed by atoms with Crippen molar-refractivity contribution < 1.29 is 14.7 Å². The lowest BCUT2D eigenvalue weighted by Gasteiger charge is -2.32. The number of amides is 1. The number of aliphatic carboxylic acids is 1. The molecule has 0 saturated carbocycles. The predicted molar refractivity (Wildman–Crippen MR) is 57.8 cm³/mol. The standard InChI is InChI=1S/C11H12N2O3/c1-7-3-4-13-8(5-7)12-11(2,10(15)16)6-9(13)14/h3-5H,6H2,1-2H3,(H,15,16). The number of amidine groups is 1. The molecular formula is C11H12N2O3. The molecule has 2 rings (SSSR count). The van der Waals surface area contributed by atoms with Gasteiger partial charge in [-0.3, -0.25) is 9.69 Å². The summed E-state index contributed by atoms with van der Waals surface area (Å²) in [7, 11) is 0. The van der Waals surface area contributed by atoms with Crippen molar-refractivity contribution in [3.63, 3.8) is 0 Å². The molecule has 5 heteroatoms. The zero-order valence-corrected chi connectivity index (χ0v) is 9.10. The van der Waals surface area contributed by atoms with Crippen LogP contribution in [0.3, 0.4) is 0 Å². The second kappa shape index (κ2) is 3.30. The summed E-state index contributed by atoms with van der Waals surface area (Å²) in [6.45, 7) is 3.33. The molecule has 1 N–H and O–H groups in total. The van der Waals surface area contributed by atoms with Crippen LogP contribution in [-0.4, -0.2) is 33.3 Å². The molecule has 0 aromatic heterocycles. The largest absolute Gasteiger partial charge is 0.479 e. The molecule has 16 heavy (non-hydrogen) atoms. The highest BCUT2D eigenvalue weighted by Gasteiger charge is 2.41. The number of hydrogen-bond donors (Lipinski definition) is 1. The van der Waals surface area contributed by atoms with Gasteiger partial charge in [0.05, 0.1) is 6.42 Å². The Bertz CT molecular complexity index is 462. The van der Waals surface area contributed by atoms with Gasteiger partial charge < -0.3 is 5.11 Å². The predicted octanol–water partition coefficient (Wildman–Crippen LogP) is 0.934. The smallest absolute Gasteiger partial charge is 0.331 e. The van der Waals surface area contributed by atoms with Crippen molar-refractivity contribution in [1.82, 2.24) is 4.90 Å². The van der Waals surface area contributed by atoms with E-state index in [1.54, 1.807) is 18.4 Å². The van der Waals surface area contributed by atoms with Gasteiger partial charge in [-0.25, -0.2) is 9.79 Å². The Balaban J connectivity index is 2.48. The van der Waals surface area contributed by atoms with Gasteiger partial charge in [-0.1, -0.05) is 0 Å². The number of allylic oxidation sites excluding steroid dienone is 2. The Morgan fingerprint density at radius 3 is 2.94 bits per heavy atom. The summed E-state index contributed by atoms with van der Waals surface area (Å²) in [5.41, 5.74) is -0.400. The molecule has 0 spiro atoms. The zero-order chi connectivity index (χ0) is 11.9. The molecule has 5 nitrogen and oxygen atoms in total. The molecule has 0 saturated heterocycles. The minimum Gasteiger partial charge on any atom is -0.479 e. The van der Waals surface area contributed by atoms with E-state index < -0.39 is 11.5 Å². The third-order valence-corrected chi connectivity index (χ3v) is 2.68. The minimum atomic E-state index is -1.34. The van der Waals surface area contributed by atoms with E-state index in [0.717, 1.165) is 5.57 Å². The molecule has 0 aromatic carbocycles. The van der Waals surface area contributed by atoms with Crippen LogP contribution in [0, 0.1) is 0 Å². The summed E-state index contributed by atoms with van der Waals surface area (Å²) < 4.78 is 0. The monoisotopic (exact) mass is 220 g/mol. The quantitative estimate of drug-likeness (QED) is 0.714. The molecule has 0 aromatic rings. The average molecular weight is 220 g/mol. The number of carboxylic acid groups (broad SMARTS) is 1. The molecule has 0 fully saturated rings. The first-order chi connectivity index (χ1) is 7.42. The first-order valence-corrected chi connectivity index (χ1v) is 4.94. The molecule has 1 atom stereocenters. The van der Waals surface area contributed by atoms with Crippen LogP contribution in [0.4, 0.5) is 0 Å². The van der Waals surface area contributed by atoms with E-state index in [4.69, 9.17) is 5.11 Å². The van der Waals surface area contributed by atoms with Crippen LogP contribution in [-0.2, 0) is 9.59 Å². The maximum atomic E-state index is 11.8. The molecular weight excluding hydrogens is 208 g/mol. The van der Waals surface area contributed by atoms with E-state index in [1.165, 1.54) is 11.8 Å². The lowest BCUT2D eigenvalue weighted by molar-refractivity contribution is -0.146. The highest BCUT2D eigenvalue weighted by molar-refractivity contribution is 6.11. The van der Waals surface area contributed by atoms with Crippen LogP contribution in [0.5, 0.6) is 0 Å². The van der Waals surface area contributed by atoms with Crippen molar-refractivity contribution in [3.05, 3.63) is 23.9 Å². The van der Waals surface area contributed by atoms with Gasteiger partial charge >= 0.3 is 5.97 Å². The van der Waals surface area contributed by atoms with Gasteiger partial charge in [0.1, 0.15) is 5.84 Å². The summed E-state index contributed by atoms with van der Waals surface area (Å²) in [6.07, 6.45) is 5.01. The number of nitrogens with zero attached hydrogens (tertiary/aromatic N) is 2. The summed E-state index contributed by atoms with van der Waals surface area (Å²) in [5, 5.41) is 9.05. The van der Waals surface area contributed by atoms with Crippen LogP contribution >= 0.6 is 0 Å². The fourth-order valence-corrected chi connectivity index (χ4v) is 1.68. The second-order valence-electron chi connectivity index (χ2n) is 4.19. The van der Waals surface area contributed by atoms with Crippen LogP contribution in [0.15, 0.2) is 28.9 Å². The molecule has 2 aliphatic heterocycles. The molecule has 84 valence electrons. The third-order valence-electron chi connectivity index (χ3n) is 2.68. The normalized spacial score (nSPS) is 28.4. The van der Waals surface area contributed by atoms with Crippen molar-refractivity contribution in [2.75, 3.05) is 0 Å². The van der Waals surface area contributed by atoms with E-state index >= 15 is 0 Å². The number of carbonyl (C=O) groups excluding carboxylic acids is 1. The van der Waals surface area contributed by atoms with Gasteiger partial charge in [0.2, 0.25) is 5.91 Å². The van der Waals surface area contributed by atoms with E-state index in [1.807, 2.05) is 6.92 Å². The number of aliphatic imine (C=N–C) groups is 1. The second-order valence-corrected chi connectivity index (χ2v) is 4.19. The molecule has 0 bridgehead atoms. The Morgan fingerprint density at radius 2 is 2.31 bits per heavy atom. The van der Waals surface area contributed by atoms with Gasteiger partial charge in [-0.15, -0.1) is 0 Å². The first kappa shape index (κ1) is 10.6. The van der Waals surface area contributed by atoms with E-state index in [-0.39, 0.29) is 12.3 Å². The number of rotatable bonds is 1. The topological polar surface area (TPSA) is 70.0 Å². The van der Waals surface area contributed by atoms with Crippen molar-refractivity contribution in [2.45, 2.75) is 25.8 Å². The Hall–Kier alpha value is -1.91. The van der Waals surface area contributed by atoms with Crippen molar-refractivity contribution in [3.8, 4) is 0 Å². The summed E-state index contributed by atoms with van der Waals surface area (Å²) in [5.74, 6) is -0.912. The van der Waals surface area contributed by atoms with Gasteiger partial charge in [0, 0.05) is 6.20 Å². The van der Waals surface area contributed by atoms with Gasteiger partial charge in [-0.2, -0.15) is 0 Å². The molecule has 0 aliphatic carbocycles. The Labute approximate surface area is 92.8 Å². The fourth-order valence-electron chi connectivity index (χ4n) is 1.68. The van der Waals surface area contributed by atoms with Crippen LogP contribution in [0.1, 0.15) is 20.3 Å². The minimum absolute atomic E-state index is 0.108. The van der Waals surface area contributed by atoms with Gasteiger partial charge in [0.15, 0.2) is 5.54 Å². The molecule has 1 amide bonds. The summed E-state index contributed by atoms with van der Waals surface area (Å²) in [6, 6.07) is 0. The van der Waals surface area contributed by atoms with E-state index in [9.17, 15) is 9.59 Å². The average Bonchev–Trinajstić information content (AvgIpc) is 2.16.